The van der Waals surface area contributed by atoms with Crippen molar-refractivity contribution in [2.75, 3.05) is 6.61 Å². The van der Waals surface area contributed by atoms with Crippen molar-refractivity contribution < 1.29 is 38.4 Å². The number of carboxylic acids is 1. The molecule has 2 aromatic rings. The van der Waals surface area contributed by atoms with Gasteiger partial charge in [-0.3, -0.25) is 4.79 Å². The van der Waals surface area contributed by atoms with Crippen molar-refractivity contribution in [3.63, 3.8) is 0 Å². The van der Waals surface area contributed by atoms with Crippen molar-refractivity contribution in [2.45, 2.75) is 63.5 Å². The second-order valence-electron chi connectivity index (χ2n) is 8.32. The van der Waals surface area contributed by atoms with Crippen molar-refractivity contribution in [1.82, 2.24) is 5.32 Å². The van der Waals surface area contributed by atoms with E-state index < -0.39 is 49.0 Å². The van der Waals surface area contributed by atoms with Crippen LogP contribution in [0.4, 0.5) is 0 Å². The van der Waals surface area contributed by atoms with Crippen LogP contribution in [0.1, 0.15) is 31.3 Å². The van der Waals surface area contributed by atoms with E-state index in [2.05, 4.69) is 5.32 Å². The molecule has 0 radical (unpaired) electrons. The van der Waals surface area contributed by atoms with E-state index in [0.717, 1.165) is 11.1 Å². The number of carbonyl (C=O) groups excluding carboxylic acids is 1. The molecule has 2 aliphatic heterocycles. The van der Waals surface area contributed by atoms with Crippen LogP contribution < -0.4 is 5.32 Å². The fraction of sp³-hybridized carbons (Fsp3) is 0.440. The minimum atomic E-state index is -1.14. The van der Waals surface area contributed by atoms with E-state index in [9.17, 15) is 14.7 Å². The van der Waals surface area contributed by atoms with Crippen LogP contribution in [0.5, 0.6) is 0 Å². The summed E-state index contributed by atoms with van der Waals surface area (Å²) in [7, 11) is 0. The van der Waals surface area contributed by atoms with Gasteiger partial charge in [-0.2, -0.15) is 0 Å². The Morgan fingerprint density at radius 3 is 2.41 bits per heavy atom. The first kappa shape index (κ1) is 24.3. The lowest BCUT2D eigenvalue weighted by atomic mass is 9.95. The maximum Gasteiger partial charge on any atom is 0.332 e. The number of nitrogens with one attached hydrogen (secondary N) is 1. The van der Waals surface area contributed by atoms with Gasteiger partial charge in [0.15, 0.2) is 18.7 Å². The maximum absolute atomic E-state index is 12.1. The molecule has 182 valence electrons. The zero-order valence-electron chi connectivity index (χ0n) is 19.0. The van der Waals surface area contributed by atoms with Crippen molar-refractivity contribution in [2.24, 2.45) is 0 Å². The Bertz CT molecular complexity index is 956. The summed E-state index contributed by atoms with van der Waals surface area (Å²) in [6, 6.07) is 18.1. The summed E-state index contributed by atoms with van der Waals surface area (Å²) in [5.41, 5.74) is 1.73. The molecule has 0 unspecified atom stereocenters. The van der Waals surface area contributed by atoms with Crippen LogP contribution in [0.2, 0.25) is 0 Å². The van der Waals surface area contributed by atoms with Gasteiger partial charge in [-0.25, -0.2) is 4.79 Å². The summed E-state index contributed by atoms with van der Waals surface area (Å²) in [5, 5.41) is 12.3. The third-order valence-electron chi connectivity index (χ3n) is 5.75. The van der Waals surface area contributed by atoms with Gasteiger partial charge >= 0.3 is 5.97 Å². The largest absolute Gasteiger partial charge is 0.479 e. The van der Waals surface area contributed by atoms with Gasteiger partial charge in [-0.05, 0) is 12.5 Å². The first-order valence-electron chi connectivity index (χ1n) is 11.2. The molecular weight excluding hydrogens is 442 g/mol. The van der Waals surface area contributed by atoms with Crippen LogP contribution in [0.3, 0.4) is 0 Å². The molecule has 2 aliphatic rings. The van der Waals surface area contributed by atoms with E-state index in [0.29, 0.717) is 0 Å². The van der Waals surface area contributed by atoms with Gasteiger partial charge in [0, 0.05) is 12.5 Å². The SMILES string of the molecule is CC(=O)N[C@@H]1[C@H](OCc2ccccc2)O[C@H]2CO[C@@H](c3ccccc3)O[C@H]2[C@@H]1O[C@H](C)C(=O)O. The molecule has 1 amide bonds. The Kier molecular flexibility index (Phi) is 7.91. The molecule has 4 rings (SSSR count). The highest BCUT2D eigenvalue weighted by molar-refractivity contribution is 5.73. The second-order valence-corrected chi connectivity index (χ2v) is 8.32. The molecule has 2 aromatic carbocycles. The van der Waals surface area contributed by atoms with Crippen LogP contribution in [-0.4, -0.2) is 60.3 Å². The van der Waals surface area contributed by atoms with Gasteiger partial charge in [0.2, 0.25) is 5.91 Å². The van der Waals surface area contributed by atoms with E-state index in [-0.39, 0.29) is 19.1 Å². The summed E-state index contributed by atoms with van der Waals surface area (Å²) in [4.78, 5) is 23.7. The standard InChI is InChI=1S/C25H29NO8/c1-15(23(28)29)32-22-20(26-16(2)27)25(30-13-17-9-5-3-6-10-17)33-19-14-31-24(34-21(19)22)18-11-7-4-8-12-18/h3-12,15,19-22,24-25H,13-14H2,1-2H3,(H,26,27)(H,28,29)/t15-,19+,20+,21-,22-,24-,25-/m1/s1. The van der Waals surface area contributed by atoms with Crippen LogP contribution in [0.15, 0.2) is 60.7 Å². The number of rotatable bonds is 8. The number of ether oxygens (including phenoxy) is 5. The lowest BCUT2D eigenvalue weighted by molar-refractivity contribution is -0.351. The van der Waals surface area contributed by atoms with Crippen molar-refractivity contribution >= 4 is 11.9 Å². The topological polar surface area (TPSA) is 113 Å². The summed E-state index contributed by atoms with van der Waals surface area (Å²) in [5.74, 6) is -1.46. The Hall–Kier alpha value is -2.82. The highest BCUT2D eigenvalue weighted by Gasteiger charge is 2.52. The zero-order valence-corrected chi connectivity index (χ0v) is 19.0. The first-order chi connectivity index (χ1) is 16.4. The number of carboxylic acid groups (broad SMARTS) is 1. The molecule has 9 nitrogen and oxygen atoms in total. The predicted molar refractivity (Wildman–Crippen MR) is 119 cm³/mol. The van der Waals surface area contributed by atoms with Crippen LogP contribution >= 0.6 is 0 Å². The highest BCUT2D eigenvalue weighted by Crippen LogP contribution is 2.36. The van der Waals surface area contributed by atoms with E-state index in [1.54, 1.807) is 0 Å². The lowest BCUT2D eigenvalue weighted by Crippen LogP contribution is -2.67. The fourth-order valence-electron chi connectivity index (χ4n) is 4.09. The molecule has 34 heavy (non-hydrogen) atoms. The van der Waals surface area contributed by atoms with Gasteiger partial charge in [-0.15, -0.1) is 0 Å². The van der Waals surface area contributed by atoms with Gasteiger partial charge in [-0.1, -0.05) is 60.7 Å². The average molecular weight is 472 g/mol. The van der Waals surface area contributed by atoms with Crippen LogP contribution in [0, 0.1) is 0 Å². The van der Waals surface area contributed by atoms with Crippen molar-refractivity contribution in [3.05, 3.63) is 71.8 Å². The molecule has 7 atom stereocenters. The molecule has 0 bridgehead atoms. The zero-order chi connectivity index (χ0) is 24.1. The number of carbonyl (C=O) groups is 2. The summed E-state index contributed by atoms with van der Waals surface area (Å²) < 4.78 is 30.3. The smallest absolute Gasteiger partial charge is 0.332 e. The molecular formula is C25H29NO8. The number of hydrogen-bond donors (Lipinski definition) is 2. The van der Waals surface area contributed by atoms with Crippen molar-refractivity contribution in [3.8, 4) is 0 Å². The van der Waals surface area contributed by atoms with E-state index in [1.165, 1.54) is 13.8 Å². The van der Waals surface area contributed by atoms with Gasteiger partial charge in [0.25, 0.3) is 0 Å². The second kappa shape index (κ2) is 11.1. The average Bonchev–Trinajstić information content (AvgIpc) is 2.84. The normalized spacial score (nSPS) is 29.6. The predicted octanol–water partition coefficient (Wildman–Crippen LogP) is 2.41. The number of fused-ring (bicyclic) bond motifs is 1. The molecule has 0 saturated carbocycles. The van der Waals surface area contributed by atoms with Crippen LogP contribution in [-0.2, 0) is 39.9 Å². The third kappa shape index (κ3) is 5.81. The minimum Gasteiger partial charge on any atom is -0.479 e. The fourth-order valence-corrected chi connectivity index (χ4v) is 4.09. The summed E-state index contributed by atoms with van der Waals surface area (Å²) in [6.07, 6.45) is -4.87. The quantitative estimate of drug-likeness (QED) is 0.604. The Balaban J connectivity index is 1.59. The molecule has 2 N–H and O–H groups in total. The Morgan fingerprint density at radius 2 is 1.76 bits per heavy atom. The molecule has 2 fully saturated rings. The molecule has 0 aromatic heterocycles. The molecule has 0 spiro atoms. The number of amides is 1. The molecule has 2 saturated heterocycles. The van der Waals surface area contributed by atoms with Gasteiger partial charge in [0.05, 0.1) is 13.2 Å². The summed E-state index contributed by atoms with van der Waals surface area (Å²) >= 11 is 0. The lowest BCUT2D eigenvalue weighted by Gasteiger charge is -2.49. The van der Waals surface area contributed by atoms with Crippen molar-refractivity contribution in [1.29, 1.82) is 0 Å². The molecule has 9 heteroatoms. The van der Waals surface area contributed by atoms with Gasteiger partial charge in [0.1, 0.15) is 24.4 Å². The minimum absolute atomic E-state index is 0.184. The van der Waals surface area contributed by atoms with E-state index >= 15 is 0 Å². The molecule has 0 aliphatic carbocycles. The van der Waals surface area contributed by atoms with E-state index in [1.807, 2.05) is 60.7 Å². The number of hydrogen-bond acceptors (Lipinski definition) is 7. The third-order valence-corrected chi connectivity index (χ3v) is 5.75. The molecule has 2 heterocycles. The van der Waals surface area contributed by atoms with E-state index in [4.69, 9.17) is 23.7 Å². The maximum atomic E-state index is 12.1. The van der Waals surface area contributed by atoms with Crippen LogP contribution in [0.25, 0.3) is 0 Å². The van der Waals surface area contributed by atoms with Gasteiger partial charge < -0.3 is 34.1 Å². The monoisotopic (exact) mass is 471 g/mol. The Labute approximate surface area is 197 Å². The highest BCUT2D eigenvalue weighted by atomic mass is 16.8. The number of benzene rings is 2. The summed E-state index contributed by atoms with van der Waals surface area (Å²) in [6.45, 7) is 3.22. The first-order valence-corrected chi connectivity index (χ1v) is 11.2. The number of aliphatic carboxylic acids is 1. The Morgan fingerprint density at radius 1 is 1.09 bits per heavy atom.